The third-order valence-electron chi connectivity index (χ3n) is 2.50. The molecule has 0 heterocycles. The third-order valence-corrected chi connectivity index (χ3v) is 2.97. The highest BCUT2D eigenvalue weighted by Gasteiger charge is 2.08. The first kappa shape index (κ1) is 12.3. The molecule has 0 radical (unpaired) electrons. The monoisotopic (exact) mass is 224 g/mol. The van der Waals surface area contributed by atoms with Crippen LogP contribution < -0.4 is 0 Å². The summed E-state index contributed by atoms with van der Waals surface area (Å²) in [4.78, 5) is 10.8. The Morgan fingerprint density at radius 2 is 1.93 bits per heavy atom. The second-order valence-corrected chi connectivity index (χ2v) is 4.33. The van der Waals surface area contributed by atoms with E-state index < -0.39 is 0 Å². The number of hydrogen-bond donors (Lipinski definition) is 0. The van der Waals surface area contributed by atoms with Crippen molar-refractivity contribution in [2.75, 3.05) is 0 Å². The minimum atomic E-state index is -0.0418. The van der Waals surface area contributed by atoms with Gasteiger partial charge in [0, 0.05) is 6.42 Å². The maximum Gasteiger partial charge on any atom is 0.129 e. The first-order valence-corrected chi connectivity index (χ1v) is 5.79. The van der Waals surface area contributed by atoms with Crippen molar-refractivity contribution in [3.8, 4) is 0 Å². The summed E-state index contributed by atoms with van der Waals surface area (Å²) < 4.78 is 0. The van der Waals surface area contributed by atoms with Crippen molar-refractivity contribution in [1.29, 1.82) is 0 Å². The topological polar surface area (TPSA) is 17.1 Å². The average Bonchev–Trinajstić information content (AvgIpc) is 2.26. The van der Waals surface area contributed by atoms with E-state index in [1.807, 2.05) is 0 Å². The zero-order valence-corrected chi connectivity index (χ0v) is 10.1. The molecule has 0 saturated heterocycles. The maximum atomic E-state index is 10.8. The molecule has 2 heteroatoms. The number of Topliss-reactive ketones (excluding diaryl/α,β-unsaturated/α-hetero) is 1. The Bertz CT molecular complexity index is 316. The van der Waals surface area contributed by atoms with E-state index in [0.29, 0.717) is 6.42 Å². The molecular formula is C13H17ClO. The Balaban J connectivity index is 2.57. The number of rotatable bonds is 5. The standard InChI is InChI=1S/C13H17ClO/c1-3-11-5-7-12(8-6-11)13(14)9-4-10(2)15/h5-8,13H,3-4,9H2,1-2H3. The van der Waals surface area contributed by atoms with Crippen LogP contribution in [0, 0.1) is 0 Å². The summed E-state index contributed by atoms with van der Waals surface area (Å²) in [5, 5.41) is -0.0418. The molecule has 0 bridgehead atoms. The van der Waals surface area contributed by atoms with E-state index in [2.05, 4.69) is 31.2 Å². The van der Waals surface area contributed by atoms with Crippen LogP contribution in [0.5, 0.6) is 0 Å². The van der Waals surface area contributed by atoms with Crippen LogP contribution in [-0.4, -0.2) is 5.78 Å². The second kappa shape index (κ2) is 5.92. The molecule has 1 unspecified atom stereocenters. The van der Waals surface area contributed by atoms with Gasteiger partial charge in [0.25, 0.3) is 0 Å². The number of hydrogen-bond acceptors (Lipinski definition) is 1. The predicted molar refractivity (Wildman–Crippen MR) is 64.3 cm³/mol. The first-order valence-electron chi connectivity index (χ1n) is 5.35. The van der Waals surface area contributed by atoms with Crippen molar-refractivity contribution in [2.24, 2.45) is 0 Å². The van der Waals surface area contributed by atoms with E-state index in [1.165, 1.54) is 5.56 Å². The predicted octanol–water partition coefficient (Wildman–Crippen LogP) is 3.90. The molecular weight excluding hydrogens is 208 g/mol. The SMILES string of the molecule is CCc1ccc(C(Cl)CCC(C)=O)cc1. The molecule has 0 aliphatic carbocycles. The average molecular weight is 225 g/mol. The summed E-state index contributed by atoms with van der Waals surface area (Å²) in [6.07, 6.45) is 2.33. The Kier molecular flexibility index (Phi) is 4.83. The van der Waals surface area contributed by atoms with Crippen molar-refractivity contribution in [1.82, 2.24) is 0 Å². The second-order valence-electron chi connectivity index (χ2n) is 3.80. The molecule has 0 saturated carbocycles. The Morgan fingerprint density at radius 1 is 1.33 bits per heavy atom. The van der Waals surface area contributed by atoms with Gasteiger partial charge >= 0.3 is 0 Å². The molecule has 15 heavy (non-hydrogen) atoms. The van der Waals surface area contributed by atoms with Crippen LogP contribution in [-0.2, 0) is 11.2 Å². The molecule has 82 valence electrons. The van der Waals surface area contributed by atoms with Crippen molar-refractivity contribution in [3.63, 3.8) is 0 Å². The van der Waals surface area contributed by atoms with Gasteiger partial charge in [0.1, 0.15) is 5.78 Å². The highest BCUT2D eigenvalue weighted by molar-refractivity contribution is 6.20. The highest BCUT2D eigenvalue weighted by atomic mass is 35.5. The summed E-state index contributed by atoms with van der Waals surface area (Å²) in [5.41, 5.74) is 2.42. The van der Waals surface area contributed by atoms with Crippen LogP contribution in [0.4, 0.5) is 0 Å². The smallest absolute Gasteiger partial charge is 0.129 e. The molecule has 0 aliphatic heterocycles. The minimum Gasteiger partial charge on any atom is -0.300 e. The molecule has 0 aromatic heterocycles. The molecule has 1 atom stereocenters. The largest absolute Gasteiger partial charge is 0.300 e. The fraction of sp³-hybridized carbons (Fsp3) is 0.462. The van der Waals surface area contributed by atoms with Crippen LogP contribution in [0.25, 0.3) is 0 Å². The minimum absolute atomic E-state index is 0.0418. The number of benzene rings is 1. The molecule has 0 N–H and O–H groups in total. The van der Waals surface area contributed by atoms with E-state index >= 15 is 0 Å². The fourth-order valence-electron chi connectivity index (χ4n) is 1.46. The van der Waals surface area contributed by atoms with Crippen LogP contribution in [0.2, 0.25) is 0 Å². The van der Waals surface area contributed by atoms with Gasteiger partial charge in [0.2, 0.25) is 0 Å². The van der Waals surface area contributed by atoms with Crippen LogP contribution in [0.3, 0.4) is 0 Å². The summed E-state index contributed by atoms with van der Waals surface area (Å²) in [5.74, 6) is 0.200. The summed E-state index contributed by atoms with van der Waals surface area (Å²) in [7, 11) is 0. The van der Waals surface area contributed by atoms with Gasteiger partial charge in [-0.1, -0.05) is 31.2 Å². The Morgan fingerprint density at radius 3 is 2.40 bits per heavy atom. The van der Waals surface area contributed by atoms with Crippen LogP contribution >= 0.6 is 11.6 Å². The highest BCUT2D eigenvalue weighted by Crippen LogP contribution is 2.25. The number of ketones is 1. The van der Waals surface area contributed by atoms with Crippen LogP contribution in [0.1, 0.15) is 43.2 Å². The lowest BCUT2D eigenvalue weighted by Crippen LogP contribution is -1.96. The number of carbonyl (C=O) groups excluding carboxylic acids is 1. The van der Waals surface area contributed by atoms with Gasteiger partial charge in [-0.2, -0.15) is 0 Å². The number of carbonyl (C=O) groups is 1. The first-order chi connectivity index (χ1) is 7.13. The van der Waals surface area contributed by atoms with Crippen molar-refractivity contribution in [3.05, 3.63) is 35.4 Å². The van der Waals surface area contributed by atoms with Gasteiger partial charge in [0.15, 0.2) is 0 Å². The fourth-order valence-corrected chi connectivity index (χ4v) is 1.71. The molecule has 1 nitrogen and oxygen atoms in total. The van der Waals surface area contributed by atoms with Gasteiger partial charge in [0.05, 0.1) is 5.38 Å². The summed E-state index contributed by atoms with van der Waals surface area (Å²) in [6, 6.07) is 8.30. The lowest BCUT2D eigenvalue weighted by molar-refractivity contribution is -0.117. The van der Waals surface area contributed by atoms with E-state index in [0.717, 1.165) is 18.4 Å². The summed E-state index contributed by atoms with van der Waals surface area (Å²) in [6.45, 7) is 3.73. The zero-order valence-electron chi connectivity index (χ0n) is 9.29. The van der Waals surface area contributed by atoms with E-state index in [1.54, 1.807) is 6.92 Å². The zero-order chi connectivity index (χ0) is 11.3. The molecule has 0 aliphatic rings. The lowest BCUT2D eigenvalue weighted by atomic mass is 10.0. The number of halogens is 1. The van der Waals surface area contributed by atoms with Gasteiger partial charge in [-0.05, 0) is 30.9 Å². The number of aryl methyl sites for hydroxylation is 1. The molecule has 1 rings (SSSR count). The normalized spacial score (nSPS) is 12.5. The molecule has 1 aromatic carbocycles. The third kappa shape index (κ3) is 4.05. The Hall–Kier alpha value is -0.820. The van der Waals surface area contributed by atoms with Crippen molar-refractivity contribution >= 4 is 17.4 Å². The summed E-state index contributed by atoms with van der Waals surface area (Å²) >= 11 is 6.19. The van der Waals surface area contributed by atoms with E-state index in [4.69, 9.17) is 11.6 Å². The molecule has 0 spiro atoms. The van der Waals surface area contributed by atoms with Gasteiger partial charge in [-0.3, -0.25) is 0 Å². The van der Waals surface area contributed by atoms with Gasteiger partial charge in [-0.15, -0.1) is 11.6 Å². The van der Waals surface area contributed by atoms with E-state index in [-0.39, 0.29) is 11.2 Å². The van der Waals surface area contributed by atoms with Crippen molar-refractivity contribution in [2.45, 2.75) is 38.5 Å². The number of alkyl halides is 1. The maximum absolute atomic E-state index is 10.8. The van der Waals surface area contributed by atoms with Gasteiger partial charge < -0.3 is 4.79 Å². The molecule has 0 fully saturated rings. The van der Waals surface area contributed by atoms with Crippen LogP contribution in [0.15, 0.2) is 24.3 Å². The quantitative estimate of drug-likeness (QED) is 0.694. The molecule has 0 amide bonds. The Labute approximate surface area is 96.5 Å². The van der Waals surface area contributed by atoms with Crippen molar-refractivity contribution < 1.29 is 4.79 Å². The van der Waals surface area contributed by atoms with E-state index in [9.17, 15) is 4.79 Å². The lowest BCUT2D eigenvalue weighted by Gasteiger charge is -2.09. The van der Waals surface area contributed by atoms with Gasteiger partial charge in [-0.25, -0.2) is 0 Å². The molecule has 1 aromatic rings.